The molecule has 0 spiro atoms. The Morgan fingerprint density at radius 3 is 2.76 bits per heavy atom. The van der Waals surface area contributed by atoms with Gasteiger partial charge in [0.25, 0.3) is 0 Å². The highest BCUT2D eigenvalue weighted by atomic mass is 35.5. The molecule has 0 fully saturated rings. The Morgan fingerprint density at radius 1 is 1.17 bits per heavy atom. The number of nitrogens with zero attached hydrogens (tertiary/aromatic N) is 2. The summed E-state index contributed by atoms with van der Waals surface area (Å²) in [7, 11) is 0. The van der Waals surface area contributed by atoms with Gasteiger partial charge in [-0.2, -0.15) is 16.9 Å². The van der Waals surface area contributed by atoms with Crippen molar-refractivity contribution in [2.24, 2.45) is 0 Å². The molecule has 0 aliphatic carbocycles. The molecule has 3 aromatic rings. The number of nitrogens with one attached hydrogen (secondary N) is 2. The summed E-state index contributed by atoms with van der Waals surface area (Å²) in [6, 6.07) is 10.7. The van der Waals surface area contributed by atoms with Crippen LogP contribution in [-0.2, 0) is 40.6 Å². The number of thioether (sulfide) groups is 1. The normalized spacial score (nSPS) is 12.6. The maximum Gasteiger partial charge on any atom is 0.242 e. The maximum absolute atomic E-state index is 12.6. The number of rotatable bonds is 7. The molecule has 3 heterocycles. The topological polar surface area (TPSA) is 89.2 Å². The predicted molar refractivity (Wildman–Crippen MR) is 112 cm³/mol. The maximum atomic E-state index is 12.6. The zero-order valence-corrected chi connectivity index (χ0v) is 17.1. The average molecular weight is 431 g/mol. The Morgan fingerprint density at radius 2 is 2.00 bits per heavy atom. The Balaban J connectivity index is 1.43. The number of amides is 2. The first-order valence-corrected chi connectivity index (χ1v) is 10.6. The largest absolute Gasteiger partial charge is 0.467 e. The summed E-state index contributed by atoms with van der Waals surface area (Å²) in [4.78, 5) is 24.9. The third kappa shape index (κ3) is 4.83. The van der Waals surface area contributed by atoms with E-state index in [4.69, 9.17) is 16.0 Å². The van der Waals surface area contributed by atoms with Crippen molar-refractivity contribution in [3.8, 4) is 0 Å². The second-order valence-corrected chi connectivity index (χ2v) is 8.05. The monoisotopic (exact) mass is 430 g/mol. The van der Waals surface area contributed by atoms with E-state index in [0.29, 0.717) is 23.1 Å². The van der Waals surface area contributed by atoms with E-state index in [2.05, 4.69) is 15.7 Å². The minimum Gasteiger partial charge on any atom is -0.467 e. The Labute approximate surface area is 176 Å². The van der Waals surface area contributed by atoms with Gasteiger partial charge in [-0.15, -0.1) is 0 Å². The molecule has 0 unspecified atom stereocenters. The van der Waals surface area contributed by atoms with Crippen LogP contribution in [0.1, 0.15) is 22.6 Å². The summed E-state index contributed by atoms with van der Waals surface area (Å²) in [6.45, 7) is 0.329. The van der Waals surface area contributed by atoms with Gasteiger partial charge in [-0.05, 0) is 29.8 Å². The van der Waals surface area contributed by atoms with Gasteiger partial charge in [0.2, 0.25) is 11.8 Å². The van der Waals surface area contributed by atoms with Gasteiger partial charge in [0.15, 0.2) is 0 Å². The molecule has 4 rings (SSSR count). The zero-order valence-electron chi connectivity index (χ0n) is 15.5. The second-order valence-electron chi connectivity index (χ2n) is 6.63. The molecular formula is C20H19ClN4O3S. The minimum absolute atomic E-state index is 0.0228. The molecule has 29 heavy (non-hydrogen) atoms. The Kier molecular flexibility index (Phi) is 5.92. The number of hydrogen-bond donors (Lipinski definition) is 2. The molecule has 2 amide bonds. The first-order valence-electron chi connectivity index (χ1n) is 9.08. The number of carbonyl (C=O) groups is 2. The molecular weight excluding hydrogens is 412 g/mol. The minimum atomic E-state index is -0.205. The first kappa shape index (κ1) is 19.6. The highest BCUT2D eigenvalue weighted by Gasteiger charge is 2.25. The van der Waals surface area contributed by atoms with E-state index < -0.39 is 0 Å². The van der Waals surface area contributed by atoms with Gasteiger partial charge in [-0.1, -0.05) is 23.7 Å². The number of benzene rings is 1. The molecule has 1 aromatic carbocycles. The van der Waals surface area contributed by atoms with Crippen LogP contribution in [0, 0.1) is 0 Å². The van der Waals surface area contributed by atoms with Crippen molar-refractivity contribution in [3.05, 3.63) is 70.3 Å². The van der Waals surface area contributed by atoms with Crippen LogP contribution in [0.4, 0.5) is 5.82 Å². The van der Waals surface area contributed by atoms with Crippen molar-refractivity contribution < 1.29 is 14.0 Å². The highest BCUT2D eigenvalue weighted by molar-refractivity contribution is 7.98. The van der Waals surface area contributed by atoms with Crippen LogP contribution in [0.5, 0.6) is 0 Å². The Bertz CT molecular complexity index is 1020. The van der Waals surface area contributed by atoms with Gasteiger partial charge < -0.3 is 15.1 Å². The molecule has 2 aromatic heterocycles. The predicted octanol–water partition coefficient (Wildman–Crippen LogP) is 3.37. The van der Waals surface area contributed by atoms with E-state index in [9.17, 15) is 9.59 Å². The van der Waals surface area contributed by atoms with E-state index in [0.717, 1.165) is 28.3 Å². The quantitative estimate of drug-likeness (QED) is 0.599. The fraction of sp³-hybridized carbons (Fsp3) is 0.250. The van der Waals surface area contributed by atoms with E-state index in [-0.39, 0.29) is 24.8 Å². The second kappa shape index (κ2) is 8.75. The molecule has 0 radical (unpaired) electrons. The lowest BCUT2D eigenvalue weighted by Crippen LogP contribution is -2.29. The van der Waals surface area contributed by atoms with Crippen LogP contribution >= 0.6 is 23.4 Å². The molecule has 7 nitrogen and oxygen atoms in total. The van der Waals surface area contributed by atoms with Gasteiger partial charge in [-0.25, -0.2) is 4.68 Å². The number of carbonyl (C=O) groups excluding carboxylic acids is 2. The lowest BCUT2D eigenvalue weighted by molar-refractivity contribution is -0.122. The number of aromatic nitrogens is 2. The van der Waals surface area contributed by atoms with Crippen molar-refractivity contribution in [1.82, 2.24) is 15.1 Å². The molecule has 0 bridgehead atoms. The molecule has 0 saturated carbocycles. The van der Waals surface area contributed by atoms with Crippen LogP contribution in [0.3, 0.4) is 0 Å². The van der Waals surface area contributed by atoms with Crippen LogP contribution in [0.15, 0.2) is 47.1 Å². The molecule has 9 heteroatoms. The van der Waals surface area contributed by atoms with Crippen LogP contribution in [0.2, 0.25) is 5.02 Å². The summed E-state index contributed by atoms with van der Waals surface area (Å²) >= 11 is 7.63. The zero-order chi connectivity index (χ0) is 20.2. The number of furan rings is 1. The van der Waals surface area contributed by atoms with Gasteiger partial charge >= 0.3 is 0 Å². The molecule has 150 valence electrons. The fourth-order valence-electron chi connectivity index (χ4n) is 3.08. The van der Waals surface area contributed by atoms with E-state index >= 15 is 0 Å². The Hall–Kier alpha value is -2.71. The standard InChI is InChI=1S/C20H19ClN4O3S/c21-14-5-3-13(4-6-14)8-18(26)23-20-16-11-29-12-17(16)24-25(20)10-19(27)22-9-15-2-1-7-28-15/h1-7H,8-12H2,(H,22,27)(H,23,26). The van der Waals surface area contributed by atoms with Crippen molar-refractivity contribution in [2.75, 3.05) is 5.32 Å². The smallest absolute Gasteiger partial charge is 0.242 e. The number of hydrogen-bond acceptors (Lipinski definition) is 5. The van der Waals surface area contributed by atoms with E-state index in [1.807, 2.05) is 12.1 Å². The molecule has 1 aliphatic heterocycles. The van der Waals surface area contributed by atoms with Gasteiger partial charge in [-0.3, -0.25) is 9.59 Å². The third-order valence-corrected chi connectivity index (χ3v) is 5.71. The lowest BCUT2D eigenvalue weighted by atomic mass is 10.1. The highest BCUT2D eigenvalue weighted by Crippen LogP contribution is 2.34. The number of halogens is 1. The number of fused-ring (bicyclic) bond motifs is 1. The van der Waals surface area contributed by atoms with Gasteiger partial charge in [0.1, 0.15) is 18.1 Å². The number of anilines is 1. The summed E-state index contributed by atoms with van der Waals surface area (Å²) in [5.41, 5.74) is 2.76. The molecule has 0 atom stereocenters. The van der Waals surface area contributed by atoms with Crippen molar-refractivity contribution in [2.45, 2.75) is 31.0 Å². The lowest BCUT2D eigenvalue weighted by Gasteiger charge is -2.11. The molecule has 2 N–H and O–H groups in total. The average Bonchev–Trinajstić information content (AvgIpc) is 3.42. The fourth-order valence-corrected chi connectivity index (χ4v) is 4.24. The summed E-state index contributed by atoms with van der Waals surface area (Å²) in [5.74, 6) is 2.44. The molecule has 1 aliphatic rings. The third-order valence-electron chi connectivity index (χ3n) is 4.49. The van der Waals surface area contributed by atoms with Gasteiger partial charge in [0, 0.05) is 22.1 Å². The van der Waals surface area contributed by atoms with Crippen molar-refractivity contribution in [1.29, 1.82) is 0 Å². The van der Waals surface area contributed by atoms with Crippen molar-refractivity contribution in [3.63, 3.8) is 0 Å². The van der Waals surface area contributed by atoms with Crippen molar-refractivity contribution >= 4 is 41.0 Å². The van der Waals surface area contributed by atoms with Crippen LogP contribution < -0.4 is 10.6 Å². The van der Waals surface area contributed by atoms with Gasteiger partial charge in [0.05, 0.1) is 24.9 Å². The first-order chi connectivity index (χ1) is 14.1. The molecule has 0 saturated heterocycles. The summed E-state index contributed by atoms with van der Waals surface area (Å²) in [5, 5.41) is 10.9. The summed E-state index contributed by atoms with van der Waals surface area (Å²) in [6.07, 6.45) is 1.78. The van der Waals surface area contributed by atoms with Crippen LogP contribution in [0.25, 0.3) is 0 Å². The SMILES string of the molecule is O=C(Cn1nc2c(c1NC(=O)Cc1ccc(Cl)cc1)CSC2)NCc1ccco1. The van der Waals surface area contributed by atoms with Crippen LogP contribution in [-0.4, -0.2) is 21.6 Å². The summed E-state index contributed by atoms with van der Waals surface area (Å²) < 4.78 is 6.79. The van der Waals surface area contributed by atoms with E-state index in [1.165, 1.54) is 0 Å². The van der Waals surface area contributed by atoms with E-state index in [1.54, 1.807) is 47.0 Å².